The number of thioether (sulfide) groups is 2. The first-order valence-corrected chi connectivity index (χ1v) is 9.11. The Balaban J connectivity index is 2.22. The lowest BCUT2D eigenvalue weighted by Gasteiger charge is -2.31. The summed E-state index contributed by atoms with van der Waals surface area (Å²) in [6.45, 7) is 5.24. The summed E-state index contributed by atoms with van der Waals surface area (Å²) in [6.07, 6.45) is 1.11. The van der Waals surface area contributed by atoms with E-state index in [-0.39, 0.29) is 11.9 Å². The third-order valence-electron chi connectivity index (χ3n) is 3.40. The molecule has 0 aliphatic carbocycles. The van der Waals surface area contributed by atoms with Crippen LogP contribution in [0.3, 0.4) is 0 Å². The van der Waals surface area contributed by atoms with Crippen LogP contribution in [0.25, 0.3) is 0 Å². The van der Waals surface area contributed by atoms with Crippen molar-refractivity contribution in [2.75, 3.05) is 23.8 Å². The maximum Gasteiger partial charge on any atom is 0.123 e. The standard InChI is InChI=1S/C15H22FNS2/c1-3-6-17-15(14-10-18-7-8-19-14)13-9-12(16)5-4-11(13)2/h4-5,9,14-15,17H,3,6-8,10H2,1-2H3. The molecule has 0 aromatic heterocycles. The minimum absolute atomic E-state index is 0.127. The van der Waals surface area contributed by atoms with Crippen molar-refractivity contribution in [3.8, 4) is 0 Å². The van der Waals surface area contributed by atoms with Crippen LogP contribution >= 0.6 is 23.5 Å². The van der Waals surface area contributed by atoms with Crippen molar-refractivity contribution < 1.29 is 4.39 Å². The Morgan fingerprint density at radius 1 is 1.42 bits per heavy atom. The Labute approximate surface area is 124 Å². The average Bonchev–Trinajstić information content (AvgIpc) is 2.44. The number of nitrogens with one attached hydrogen (secondary N) is 1. The van der Waals surface area contributed by atoms with E-state index in [1.807, 2.05) is 29.6 Å². The van der Waals surface area contributed by atoms with Crippen LogP contribution < -0.4 is 5.32 Å². The molecule has 106 valence electrons. The molecule has 1 aliphatic heterocycles. The fourth-order valence-electron chi connectivity index (χ4n) is 2.39. The third kappa shape index (κ3) is 4.14. The molecule has 0 saturated carbocycles. The van der Waals surface area contributed by atoms with E-state index in [1.54, 1.807) is 12.1 Å². The summed E-state index contributed by atoms with van der Waals surface area (Å²) in [5, 5.41) is 4.17. The molecule has 1 nitrogen and oxygen atoms in total. The second-order valence-corrected chi connectivity index (χ2v) is 7.41. The molecule has 4 heteroatoms. The molecule has 1 aliphatic rings. The van der Waals surface area contributed by atoms with Gasteiger partial charge in [-0.25, -0.2) is 4.39 Å². The Kier molecular flexibility index (Phi) is 6.05. The molecule has 2 atom stereocenters. The Bertz CT molecular complexity index is 405. The molecule has 1 fully saturated rings. The van der Waals surface area contributed by atoms with Crippen LogP contribution in [0, 0.1) is 12.7 Å². The first-order valence-electron chi connectivity index (χ1n) is 6.91. The van der Waals surface area contributed by atoms with Gasteiger partial charge in [-0.15, -0.1) is 0 Å². The molecule has 1 aromatic carbocycles. The molecule has 1 saturated heterocycles. The van der Waals surface area contributed by atoms with Crippen molar-refractivity contribution in [2.45, 2.75) is 31.6 Å². The topological polar surface area (TPSA) is 12.0 Å². The van der Waals surface area contributed by atoms with Crippen molar-refractivity contribution in [3.05, 3.63) is 35.1 Å². The molecule has 1 aromatic rings. The van der Waals surface area contributed by atoms with Gasteiger partial charge in [-0.1, -0.05) is 13.0 Å². The highest BCUT2D eigenvalue weighted by Crippen LogP contribution is 2.35. The van der Waals surface area contributed by atoms with Crippen molar-refractivity contribution in [2.24, 2.45) is 0 Å². The van der Waals surface area contributed by atoms with Gasteiger partial charge in [0.05, 0.1) is 0 Å². The number of aryl methyl sites for hydroxylation is 1. The molecule has 1 heterocycles. The second-order valence-electron chi connectivity index (χ2n) is 4.92. The molecule has 2 unspecified atom stereocenters. The average molecular weight is 299 g/mol. The summed E-state index contributed by atoms with van der Waals surface area (Å²) < 4.78 is 13.6. The largest absolute Gasteiger partial charge is 0.309 e. The van der Waals surface area contributed by atoms with Gasteiger partial charge in [0.25, 0.3) is 0 Å². The van der Waals surface area contributed by atoms with E-state index in [1.165, 1.54) is 17.1 Å². The van der Waals surface area contributed by atoms with E-state index in [2.05, 4.69) is 19.2 Å². The predicted molar refractivity (Wildman–Crippen MR) is 85.7 cm³/mol. The molecule has 0 radical (unpaired) electrons. The summed E-state index contributed by atoms with van der Waals surface area (Å²) in [5.41, 5.74) is 2.32. The molecular formula is C15H22FNS2. The normalized spacial score (nSPS) is 21.3. The smallest absolute Gasteiger partial charge is 0.123 e. The zero-order valence-corrected chi connectivity index (χ0v) is 13.2. The maximum absolute atomic E-state index is 13.6. The van der Waals surface area contributed by atoms with Gasteiger partial charge in [0, 0.05) is 28.6 Å². The molecule has 0 bridgehead atoms. The van der Waals surface area contributed by atoms with E-state index >= 15 is 0 Å². The molecule has 0 amide bonds. The minimum atomic E-state index is -0.127. The van der Waals surface area contributed by atoms with E-state index in [0.717, 1.165) is 24.3 Å². The fraction of sp³-hybridized carbons (Fsp3) is 0.600. The van der Waals surface area contributed by atoms with Crippen LogP contribution in [-0.2, 0) is 0 Å². The SMILES string of the molecule is CCCNC(c1cc(F)ccc1C)C1CSCCS1. The molecule has 0 spiro atoms. The third-order valence-corrected chi connectivity index (χ3v) is 6.27. The molecule has 19 heavy (non-hydrogen) atoms. The Morgan fingerprint density at radius 3 is 2.95 bits per heavy atom. The zero-order valence-electron chi connectivity index (χ0n) is 11.6. The van der Waals surface area contributed by atoms with Crippen molar-refractivity contribution >= 4 is 23.5 Å². The Hall–Kier alpha value is -0.190. The fourth-order valence-corrected chi connectivity index (χ4v) is 5.25. The lowest BCUT2D eigenvalue weighted by atomic mass is 9.98. The number of hydrogen-bond acceptors (Lipinski definition) is 3. The first kappa shape index (κ1) is 15.2. The van der Waals surface area contributed by atoms with Crippen LogP contribution in [-0.4, -0.2) is 29.1 Å². The van der Waals surface area contributed by atoms with E-state index < -0.39 is 0 Å². The summed E-state index contributed by atoms with van der Waals surface area (Å²) >= 11 is 4.04. The van der Waals surface area contributed by atoms with Crippen molar-refractivity contribution in [1.82, 2.24) is 5.32 Å². The summed E-state index contributed by atoms with van der Waals surface area (Å²) in [5.74, 6) is 3.47. The van der Waals surface area contributed by atoms with E-state index in [4.69, 9.17) is 0 Å². The predicted octanol–water partition coefficient (Wildman–Crippen LogP) is 4.02. The first-order chi connectivity index (χ1) is 9.22. The lowest BCUT2D eigenvalue weighted by Crippen LogP contribution is -2.34. The number of benzene rings is 1. The monoisotopic (exact) mass is 299 g/mol. The van der Waals surface area contributed by atoms with Gasteiger partial charge in [0.1, 0.15) is 5.82 Å². The molecule has 2 rings (SSSR count). The van der Waals surface area contributed by atoms with Gasteiger partial charge in [-0.2, -0.15) is 23.5 Å². The van der Waals surface area contributed by atoms with Crippen LogP contribution in [0.15, 0.2) is 18.2 Å². The second kappa shape index (κ2) is 7.55. The maximum atomic E-state index is 13.6. The summed E-state index contributed by atoms with van der Waals surface area (Å²) in [6, 6.07) is 5.43. The van der Waals surface area contributed by atoms with Crippen molar-refractivity contribution in [3.63, 3.8) is 0 Å². The van der Waals surface area contributed by atoms with Crippen LogP contribution in [0.2, 0.25) is 0 Å². The highest BCUT2D eigenvalue weighted by molar-refractivity contribution is 8.06. The van der Waals surface area contributed by atoms with Crippen LogP contribution in [0.1, 0.15) is 30.5 Å². The van der Waals surface area contributed by atoms with Crippen LogP contribution in [0.4, 0.5) is 4.39 Å². The van der Waals surface area contributed by atoms with Crippen molar-refractivity contribution in [1.29, 1.82) is 0 Å². The number of rotatable bonds is 5. The van der Waals surface area contributed by atoms with Gasteiger partial charge in [0.2, 0.25) is 0 Å². The zero-order chi connectivity index (χ0) is 13.7. The van der Waals surface area contributed by atoms with Gasteiger partial charge in [0.15, 0.2) is 0 Å². The highest BCUT2D eigenvalue weighted by atomic mass is 32.2. The highest BCUT2D eigenvalue weighted by Gasteiger charge is 2.26. The van der Waals surface area contributed by atoms with E-state index in [0.29, 0.717) is 5.25 Å². The summed E-state index contributed by atoms with van der Waals surface area (Å²) in [7, 11) is 0. The van der Waals surface area contributed by atoms with E-state index in [9.17, 15) is 4.39 Å². The van der Waals surface area contributed by atoms with Gasteiger partial charge in [-0.3, -0.25) is 0 Å². The quantitative estimate of drug-likeness (QED) is 0.882. The van der Waals surface area contributed by atoms with Gasteiger partial charge >= 0.3 is 0 Å². The minimum Gasteiger partial charge on any atom is -0.309 e. The molecular weight excluding hydrogens is 277 g/mol. The lowest BCUT2D eigenvalue weighted by molar-refractivity contribution is 0.523. The number of halogens is 1. The Morgan fingerprint density at radius 2 is 2.26 bits per heavy atom. The van der Waals surface area contributed by atoms with Crippen LogP contribution in [0.5, 0.6) is 0 Å². The van der Waals surface area contributed by atoms with Gasteiger partial charge in [-0.05, 0) is 43.1 Å². The van der Waals surface area contributed by atoms with Gasteiger partial charge < -0.3 is 5.32 Å². The summed E-state index contributed by atoms with van der Waals surface area (Å²) in [4.78, 5) is 0. The molecule has 1 N–H and O–H groups in total. The number of hydrogen-bond donors (Lipinski definition) is 1.